The van der Waals surface area contributed by atoms with Crippen molar-refractivity contribution in [3.8, 4) is 0 Å². The van der Waals surface area contributed by atoms with E-state index in [4.69, 9.17) is 17.3 Å². The van der Waals surface area contributed by atoms with Crippen LogP contribution in [-0.2, 0) is 10.0 Å². The molecule has 0 aromatic heterocycles. The predicted octanol–water partition coefficient (Wildman–Crippen LogP) is 3.29. The normalized spacial score (nSPS) is 18.3. The quantitative estimate of drug-likeness (QED) is 0.865. The minimum Gasteiger partial charge on any atom is -0.397 e. The van der Waals surface area contributed by atoms with Gasteiger partial charge in [0, 0.05) is 13.1 Å². The van der Waals surface area contributed by atoms with Gasteiger partial charge in [0.1, 0.15) is 0 Å². The lowest BCUT2D eigenvalue weighted by Crippen LogP contribution is -2.39. The molecular formula is C15H23ClN2O2S. The molecule has 1 fully saturated rings. The van der Waals surface area contributed by atoms with Crippen LogP contribution >= 0.6 is 11.6 Å². The van der Waals surface area contributed by atoms with Crippen molar-refractivity contribution in [2.75, 3.05) is 18.8 Å². The van der Waals surface area contributed by atoms with Crippen molar-refractivity contribution in [1.82, 2.24) is 4.31 Å². The highest BCUT2D eigenvalue weighted by atomic mass is 35.5. The number of sulfonamides is 1. The number of benzene rings is 1. The number of hydrogen-bond donors (Lipinski definition) is 1. The summed E-state index contributed by atoms with van der Waals surface area (Å²) in [6.07, 6.45) is 1.83. The van der Waals surface area contributed by atoms with Crippen molar-refractivity contribution < 1.29 is 8.42 Å². The predicted molar refractivity (Wildman–Crippen MR) is 86.9 cm³/mol. The van der Waals surface area contributed by atoms with Gasteiger partial charge >= 0.3 is 0 Å². The highest BCUT2D eigenvalue weighted by Crippen LogP contribution is 2.31. The van der Waals surface area contributed by atoms with Crippen LogP contribution in [-0.4, -0.2) is 25.8 Å². The molecule has 0 spiro atoms. The summed E-state index contributed by atoms with van der Waals surface area (Å²) in [4.78, 5) is 0.241. The summed E-state index contributed by atoms with van der Waals surface area (Å²) in [5.41, 5.74) is 6.79. The van der Waals surface area contributed by atoms with E-state index >= 15 is 0 Å². The summed E-state index contributed by atoms with van der Waals surface area (Å²) in [7, 11) is -3.48. The molecule has 1 saturated heterocycles. The van der Waals surface area contributed by atoms with Gasteiger partial charge < -0.3 is 5.73 Å². The number of piperidine rings is 1. The molecule has 0 aliphatic carbocycles. The maximum absolute atomic E-state index is 12.7. The lowest BCUT2D eigenvalue weighted by atomic mass is 9.87. The number of nitrogens with two attached hydrogens (primary N) is 1. The second kappa shape index (κ2) is 6.15. The van der Waals surface area contributed by atoms with Gasteiger partial charge in [-0.2, -0.15) is 4.31 Å². The van der Waals surface area contributed by atoms with E-state index in [1.165, 1.54) is 6.07 Å². The molecule has 1 aliphatic heterocycles. The molecule has 0 saturated carbocycles. The minimum atomic E-state index is -3.48. The Balaban J connectivity index is 2.24. The smallest absolute Gasteiger partial charge is 0.243 e. The third kappa shape index (κ3) is 3.35. The number of nitrogen functional groups attached to an aromatic ring is 1. The molecule has 1 aliphatic rings. The van der Waals surface area contributed by atoms with E-state index in [0.717, 1.165) is 12.8 Å². The van der Waals surface area contributed by atoms with Gasteiger partial charge in [0.25, 0.3) is 0 Å². The monoisotopic (exact) mass is 330 g/mol. The zero-order valence-corrected chi connectivity index (χ0v) is 14.3. The Labute approximate surface area is 132 Å². The molecule has 1 aromatic rings. The molecule has 118 valence electrons. The molecule has 0 amide bonds. The van der Waals surface area contributed by atoms with Crippen LogP contribution in [0, 0.1) is 18.8 Å². The minimum absolute atomic E-state index is 0.241. The molecule has 2 N–H and O–H groups in total. The van der Waals surface area contributed by atoms with Crippen LogP contribution in [0.3, 0.4) is 0 Å². The van der Waals surface area contributed by atoms with E-state index < -0.39 is 10.0 Å². The molecule has 6 heteroatoms. The Kier molecular flexibility index (Phi) is 4.85. The van der Waals surface area contributed by atoms with Crippen molar-refractivity contribution >= 4 is 27.3 Å². The molecule has 2 rings (SSSR count). The van der Waals surface area contributed by atoms with Crippen LogP contribution < -0.4 is 5.73 Å². The molecule has 21 heavy (non-hydrogen) atoms. The summed E-state index contributed by atoms with van der Waals surface area (Å²) < 4.78 is 27.0. The number of anilines is 1. The Morgan fingerprint density at radius 1 is 1.29 bits per heavy atom. The SMILES string of the molecule is Cc1cc(S(=O)(=O)N2CCC(C(C)C)CC2)cc(N)c1Cl. The average Bonchev–Trinajstić information content (AvgIpc) is 2.44. The van der Waals surface area contributed by atoms with Crippen molar-refractivity contribution in [3.63, 3.8) is 0 Å². The van der Waals surface area contributed by atoms with Crippen molar-refractivity contribution in [2.24, 2.45) is 11.8 Å². The summed E-state index contributed by atoms with van der Waals surface area (Å²) in [5.74, 6) is 1.21. The first-order chi connectivity index (χ1) is 9.73. The molecule has 1 aromatic carbocycles. The van der Waals surface area contributed by atoms with Crippen molar-refractivity contribution in [2.45, 2.75) is 38.5 Å². The fourth-order valence-electron chi connectivity index (χ4n) is 2.84. The van der Waals surface area contributed by atoms with E-state index in [-0.39, 0.29) is 4.90 Å². The number of hydrogen-bond acceptors (Lipinski definition) is 3. The molecule has 0 radical (unpaired) electrons. The summed E-state index contributed by atoms with van der Waals surface area (Å²) >= 11 is 6.01. The third-order valence-electron chi connectivity index (χ3n) is 4.34. The van der Waals surface area contributed by atoms with Crippen LogP contribution in [0.15, 0.2) is 17.0 Å². The zero-order valence-electron chi connectivity index (χ0n) is 12.8. The molecular weight excluding hydrogens is 308 g/mol. The van der Waals surface area contributed by atoms with Gasteiger partial charge in [-0.15, -0.1) is 0 Å². The first kappa shape index (κ1) is 16.6. The van der Waals surface area contributed by atoms with Gasteiger partial charge in [-0.1, -0.05) is 25.4 Å². The van der Waals surface area contributed by atoms with E-state index in [1.54, 1.807) is 17.3 Å². The van der Waals surface area contributed by atoms with Gasteiger partial charge in [-0.25, -0.2) is 8.42 Å². The molecule has 0 unspecified atom stereocenters. The van der Waals surface area contributed by atoms with E-state index in [9.17, 15) is 8.42 Å². The summed E-state index contributed by atoms with van der Waals surface area (Å²) in [6.45, 7) is 7.30. The second-order valence-corrected chi connectivity index (χ2v) is 8.44. The van der Waals surface area contributed by atoms with Crippen LogP contribution in [0.5, 0.6) is 0 Å². The number of nitrogens with zero attached hydrogens (tertiary/aromatic N) is 1. The maximum atomic E-state index is 12.7. The largest absolute Gasteiger partial charge is 0.397 e. The van der Waals surface area contributed by atoms with Gasteiger partial charge in [0.05, 0.1) is 15.6 Å². The standard InChI is InChI=1S/C15H23ClN2O2S/c1-10(2)12-4-6-18(7-5-12)21(19,20)13-8-11(3)15(16)14(17)9-13/h8-10,12H,4-7,17H2,1-3H3. The Morgan fingerprint density at radius 3 is 2.33 bits per heavy atom. The van der Waals surface area contributed by atoms with Crippen LogP contribution in [0.25, 0.3) is 0 Å². The van der Waals surface area contributed by atoms with Crippen molar-refractivity contribution in [3.05, 3.63) is 22.7 Å². The van der Waals surface area contributed by atoms with Crippen LogP contribution in [0.4, 0.5) is 5.69 Å². The Hall–Kier alpha value is -0.780. The van der Waals surface area contributed by atoms with Crippen LogP contribution in [0.1, 0.15) is 32.3 Å². The molecule has 0 bridgehead atoms. The van der Waals surface area contributed by atoms with Crippen LogP contribution in [0.2, 0.25) is 5.02 Å². The van der Waals surface area contributed by atoms with Crippen molar-refractivity contribution in [1.29, 1.82) is 0 Å². The molecule has 1 heterocycles. The second-order valence-electron chi connectivity index (χ2n) is 6.13. The number of halogens is 1. The third-order valence-corrected chi connectivity index (χ3v) is 6.73. The molecule has 4 nitrogen and oxygen atoms in total. The summed E-state index contributed by atoms with van der Waals surface area (Å²) in [5, 5.41) is 0.424. The molecule has 0 atom stereocenters. The zero-order chi connectivity index (χ0) is 15.8. The topological polar surface area (TPSA) is 63.4 Å². The van der Waals surface area contributed by atoms with E-state index in [2.05, 4.69) is 13.8 Å². The maximum Gasteiger partial charge on any atom is 0.243 e. The first-order valence-corrected chi connectivity index (χ1v) is 9.11. The van der Waals surface area contributed by atoms with Gasteiger partial charge in [-0.05, 0) is 49.3 Å². The Morgan fingerprint density at radius 2 is 1.86 bits per heavy atom. The fraction of sp³-hybridized carbons (Fsp3) is 0.600. The highest BCUT2D eigenvalue weighted by Gasteiger charge is 2.30. The Bertz CT molecular complexity index is 598. The fourth-order valence-corrected chi connectivity index (χ4v) is 4.54. The number of aryl methyl sites for hydroxylation is 1. The highest BCUT2D eigenvalue weighted by molar-refractivity contribution is 7.89. The lowest BCUT2D eigenvalue weighted by molar-refractivity contribution is 0.226. The summed E-state index contributed by atoms with van der Waals surface area (Å²) in [6, 6.07) is 3.06. The van der Waals surface area contributed by atoms with E-state index in [1.807, 2.05) is 0 Å². The first-order valence-electron chi connectivity index (χ1n) is 7.29. The number of rotatable bonds is 3. The lowest BCUT2D eigenvalue weighted by Gasteiger charge is -2.33. The van der Waals surface area contributed by atoms with Gasteiger partial charge in [0.2, 0.25) is 10.0 Å². The average molecular weight is 331 g/mol. The van der Waals surface area contributed by atoms with Gasteiger partial charge in [-0.3, -0.25) is 0 Å². The van der Waals surface area contributed by atoms with E-state index in [0.29, 0.717) is 41.2 Å². The van der Waals surface area contributed by atoms with Gasteiger partial charge in [0.15, 0.2) is 0 Å².